The third-order valence-corrected chi connectivity index (χ3v) is 5.06. The highest BCUT2D eigenvalue weighted by molar-refractivity contribution is 9.10. The van der Waals surface area contributed by atoms with Crippen LogP contribution in [0.5, 0.6) is 0 Å². The highest BCUT2D eigenvalue weighted by Crippen LogP contribution is 2.32. The molecule has 1 aliphatic rings. The van der Waals surface area contributed by atoms with Crippen LogP contribution < -0.4 is 5.32 Å². The molecule has 0 atom stereocenters. The maximum absolute atomic E-state index is 9.72. The van der Waals surface area contributed by atoms with Gasteiger partial charge in [0.2, 0.25) is 0 Å². The Morgan fingerprint density at radius 2 is 2.11 bits per heavy atom. The molecule has 0 spiro atoms. The van der Waals surface area contributed by atoms with E-state index in [1.54, 1.807) is 0 Å². The van der Waals surface area contributed by atoms with Crippen LogP contribution in [0.25, 0.3) is 0 Å². The molecule has 0 aromatic heterocycles. The lowest BCUT2D eigenvalue weighted by atomic mass is 9.77. The first-order valence-electron chi connectivity index (χ1n) is 6.84. The normalized spacial score (nSPS) is 27.5. The van der Waals surface area contributed by atoms with E-state index in [0.717, 1.165) is 33.8 Å². The molecule has 19 heavy (non-hydrogen) atoms. The summed E-state index contributed by atoms with van der Waals surface area (Å²) in [6, 6.07) is 5.87. The fraction of sp³-hybridized carbons (Fsp3) is 0.600. The third kappa shape index (κ3) is 3.94. The Morgan fingerprint density at radius 3 is 2.74 bits per heavy atom. The van der Waals surface area contributed by atoms with Crippen molar-refractivity contribution in [3.63, 3.8) is 0 Å². The maximum atomic E-state index is 9.72. The van der Waals surface area contributed by atoms with E-state index in [2.05, 4.69) is 28.2 Å². The van der Waals surface area contributed by atoms with Gasteiger partial charge in [-0.1, -0.05) is 34.5 Å². The van der Waals surface area contributed by atoms with Crippen LogP contribution in [0.15, 0.2) is 22.7 Å². The second kappa shape index (κ2) is 6.57. The molecule has 2 N–H and O–H groups in total. The topological polar surface area (TPSA) is 32.3 Å². The Bertz CT molecular complexity index is 430. The summed E-state index contributed by atoms with van der Waals surface area (Å²) in [4.78, 5) is 0. The van der Waals surface area contributed by atoms with Gasteiger partial charge >= 0.3 is 0 Å². The van der Waals surface area contributed by atoms with Gasteiger partial charge in [0.25, 0.3) is 0 Å². The maximum Gasteiger partial charge on any atom is 0.0613 e. The van der Waals surface area contributed by atoms with Gasteiger partial charge in [-0.3, -0.25) is 0 Å². The van der Waals surface area contributed by atoms with Crippen molar-refractivity contribution in [3.8, 4) is 0 Å². The van der Waals surface area contributed by atoms with Gasteiger partial charge in [0, 0.05) is 21.6 Å². The molecular formula is C15H21BrClNO. The molecule has 1 aromatic rings. The van der Waals surface area contributed by atoms with Gasteiger partial charge in [-0.25, -0.2) is 0 Å². The molecule has 2 rings (SSSR count). The molecule has 0 unspecified atom stereocenters. The lowest BCUT2D eigenvalue weighted by Gasteiger charge is -2.39. The molecule has 1 saturated carbocycles. The SMILES string of the molecule is CC1CCC(CO)(NCc2cc(Br)ccc2Cl)CC1. The number of hydrogen-bond donors (Lipinski definition) is 2. The zero-order chi connectivity index (χ0) is 13.9. The minimum absolute atomic E-state index is 0.127. The zero-order valence-corrected chi connectivity index (χ0v) is 13.6. The second-order valence-electron chi connectivity index (χ2n) is 5.71. The minimum Gasteiger partial charge on any atom is -0.394 e. The van der Waals surface area contributed by atoms with Crippen LogP contribution in [0.3, 0.4) is 0 Å². The van der Waals surface area contributed by atoms with Crippen LogP contribution >= 0.6 is 27.5 Å². The summed E-state index contributed by atoms with van der Waals surface area (Å²) in [5, 5.41) is 14.0. The van der Waals surface area contributed by atoms with Crippen LogP contribution in [-0.4, -0.2) is 17.3 Å². The monoisotopic (exact) mass is 345 g/mol. The van der Waals surface area contributed by atoms with Crippen molar-refractivity contribution in [2.45, 2.75) is 44.7 Å². The smallest absolute Gasteiger partial charge is 0.0613 e. The molecule has 1 fully saturated rings. The molecule has 0 heterocycles. The number of aliphatic hydroxyl groups excluding tert-OH is 1. The zero-order valence-electron chi connectivity index (χ0n) is 11.3. The first-order chi connectivity index (χ1) is 9.04. The van der Waals surface area contributed by atoms with E-state index in [4.69, 9.17) is 11.6 Å². The second-order valence-corrected chi connectivity index (χ2v) is 7.03. The Balaban J connectivity index is 2.01. The fourth-order valence-corrected chi connectivity index (χ4v) is 3.26. The molecule has 1 aromatic carbocycles. The summed E-state index contributed by atoms with van der Waals surface area (Å²) >= 11 is 9.67. The van der Waals surface area contributed by atoms with Gasteiger partial charge in [-0.2, -0.15) is 0 Å². The van der Waals surface area contributed by atoms with Gasteiger partial charge in [0.05, 0.1) is 6.61 Å². The molecule has 1 aliphatic carbocycles. The molecular weight excluding hydrogens is 326 g/mol. The van der Waals surface area contributed by atoms with Gasteiger partial charge < -0.3 is 10.4 Å². The standard InChI is InChI=1S/C15H21BrClNO/c1-11-4-6-15(10-19,7-5-11)18-9-12-8-13(16)2-3-14(12)17/h2-3,8,11,18-19H,4-7,9-10H2,1H3. The van der Waals surface area contributed by atoms with Gasteiger partial charge in [-0.15, -0.1) is 0 Å². The average Bonchev–Trinajstić information content (AvgIpc) is 2.42. The van der Waals surface area contributed by atoms with E-state index in [1.165, 1.54) is 12.8 Å². The highest BCUT2D eigenvalue weighted by Gasteiger charge is 2.33. The molecule has 106 valence electrons. The molecule has 0 amide bonds. The molecule has 2 nitrogen and oxygen atoms in total. The van der Waals surface area contributed by atoms with Crippen molar-refractivity contribution >= 4 is 27.5 Å². The number of hydrogen-bond acceptors (Lipinski definition) is 2. The number of nitrogens with one attached hydrogen (secondary N) is 1. The van der Waals surface area contributed by atoms with Crippen molar-refractivity contribution in [3.05, 3.63) is 33.3 Å². The van der Waals surface area contributed by atoms with Gasteiger partial charge in [0.1, 0.15) is 0 Å². The van der Waals surface area contributed by atoms with E-state index in [9.17, 15) is 5.11 Å². The molecule has 0 saturated heterocycles. The largest absolute Gasteiger partial charge is 0.394 e. The summed E-state index contributed by atoms with van der Waals surface area (Å²) in [5.74, 6) is 0.774. The Labute approximate surface area is 128 Å². The van der Waals surface area contributed by atoms with Crippen molar-refractivity contribution in [1.82, 2.24) is 5.32 Å². The summed E-state index contributed by atoms with van der Waals surface area (Å²) in [7, 11) is 0. The van der Waals surface area contributed by atoms with Crippen LogP contribution in [0.2, 0.25) is 5.02 Å². The van der Waals surface area contributed by atoms with E-state index in [-0.39, 0.29) is 12.1 Å². The summed E-state index contributed by atoms with van der Waals surface area (Å²) in [6.07, 6.45) is 4.44. The highest BCUT2D eigenvalue weighted by atomic mass is 79.9. The van der Waals surface area contributed by atoms with Crippen LogP contribution in [-0.2, 0) is 6.54 Å². The Kier molecular flexibility index (Phi) is 5.29. The van der Waals surface area contributed by atoms with Crippen molar-refractivity contribution in [2.24, 2.45) is 5.92 Å². The number of halogens is 2. The van der Waals surface area contributed by atoms with Gasteiger partial charge in [-0.05, 0) is 55.4 Å². The first-order valence-corrected chi connectivity index (χ1v) is 8.01. The quantitative estimate of drug-likeness (QED) is 0.859. The van der Waals surface area contributed by atoms with E-state index < -0.39 is 0 Å². The minimum atomic E-state index is -0.127. The van der Waals surface area contributed by atoms with Crippen LogP contribution in [0.1, 0.15) is 38.2 Å². The van der Waals surface area contributed by atoms with E-state index in [1.807, 2.05) is 18.2 Å². The predicted molar refractivity (Wildman–Crippen MR) is 83.4 cm³/mol. The fourth-order valence-electron chi connectivity index (χ4n) is 2.67. The van der Waals surface area contributed by atoms with Gasteiger partial charge in [0.15, 0.2) is 0 Å². The summed E-state index contributed by atoms with van der Waals surface area (Å²) in [5.41, 5.74) is 0.945. The lowest BCUT2D eigenvalue weighted by Crippen LogP contribution is -2.50. The first kappa shape index (κ1) is 15.3. The molecule has 4 heteroatoms. The lowest BCUT2D eigenvalue weighted by molar-refractivity contribution is 0.104. The number of rotatable bonds is 4. The molecule has 0 aliphatic heterocycles. The van der Waals surface area contributed by atoms with Crippen molar-refractivity contribution < 1.29 is 5.11 Å². The van der Waals surface area contributed by atoms with Crippen molar-refractivity contribution in [2.75, 3.05) is 6.61 Å². The third-order valence-electron chi connectivity index (χ3n) is 4.20. The van der Waals surface area contributed by atoms with Crippen LogP contribution in [0, 0.1) is 5.92 Å². The number of aliphatic hydroxyl groups is 1. The van der Waals surface area contributed by atoms with E-state index in [0.29, 0.717) is 6.54 Å². The Morgan fingerprint density at radius 1 is 1.42 bits per heavy atom. The Hall–Kier alpha value is -0.0900. The van der Waals surface area contributed by atoms with Crippen molar-refractivity contribution in [1.29, 1.82) is 0 Å². The average molecular weight is 347 g/mol. The summed E-state index contributed by atoms with van der Waals surface area (Å²) in [6.45, 7) is 3.19. The molecule has 0 radical (unpaired) electrons. The number of benzene rings is 1. The van der Waals surface area contributed by atoms with Crippen LogP contribution in [0.4, 0.5) is 0 Å². The summed E-state index contributed by atoms with van der Waals surface area (Å²) < 4.78 is 1.03. The van der Waals surface area contributed by atoms with E-state index >= 15 is 0 Å². The predicted octanol–water partition coefficient (Wildman–Crippen LogP) is 4.13. The molecule has 0 bridgehead atoms.